The summed E-state index contributed by atoms with van der Waals surface area (Å²) < 4.78 is 24.9. The maximum absolute atomic E-state index is 13.5. The molecule has 0 saturated heterocycles. The zero-order valence-corrected chi connectivity index (χ0v) is 18.7. The van der Waals surface area contributed by atoms with Gasteiger partial charge in [0.1, 0.15) is 18.5 Å². The first-order chi connectivity index (χ1) is 16.5. The lowest BCUT2D eigenvalue weighted by Gasteiger charge is -2.43. The van der Waals surface area contributed by atoms with E-state index in [1.54, 1.807) is 30.3 Å². The van der Waals surface area contributed by atoms with Crippen molar-refractivity contribution in [3.63, 3.8) is 0 Å². The van der Waals surface area contributed by atoms with Crippen molar-refractivity contribution in [3.8, 4) is 29.7 Å². The number of hydrogen-bond donors (Lipinski definition) is 1. The Morgan fingerprint density at radius 2 is 1.91 bits per heavy atom. The highest BCUT2D eigenvalue weighted by Gasteiger charge is 2.53. The van der Waals surface area contributed by atoms with Crippen molar-refractivity contribution in [2.75, 3.05) is 7.11 Å². The molecule has 4 rings (SSSR count). The van der Waals surface area contributed by atoms with E-state index in [2.05, 4.69) is 18.2 Å². The van der Waals surface area contributed by atoms with Crippen LogP contribution in [0.3, 0.4) is 0 Å². The summed E-state index contributed by atoms with van der Waals surface area (Å²) in [6.45, 7) is 0.147. The van der Waals surface area contributed by atoms with Gasteiger partial charge in [-0.15, -0.1) is 0 Å². The molecule has 2 N–H and O–H groups in total. The molecule has 0 amide bonds. The summed E-state index contributed by atoms with van der Waals surface area (Å²) in [4.78, 5) is 0. The number of nitrogens with zero attached hydrogens (tertiary/aromatic N) is 3. The maximum Gasteiger partial charge on any atom is 0.191 e. The number of hydrogen-bond acceptors (Lipinski definition) is 6. The Morgan fingerprint density at radius 3 is 2.59 bits per heavy atom. The lowest BCUT2D eigenvalue weighted by Crippen LogP contribution is -2.42. The van der Waals surface area contributed by atoms with E-state index in [1.165, 1.54) is 19.2 Å². The average molecular weight is 455 g/mol. The van der Waals surface area contributed by atoms with E-state index >= 15 is 0 Å². The fraction of sp³-hybridized carbons (Fsp3) is 0.296. The molecule has 0 aromatic heterocycles. The smallest absolute Gasteiger partial charge is 0.191 e. The first kappa shape index (κ1) is 22.9. The van der Waals surface area contributed by atoms with Crippen LogP contribution in [0.25, 0.3) is 0 Å². The molecule has 2 unspecified atom stereocenters. The van der Waals surface area contributed by atoms with Crippen LogP contribution in [-0.2, 0) is 6.61 Å². The van der Waals surface area contributed by atoms with Crippen molar-refractivity contribution < 1.29 is 13.9 Å². The molecule has 2 aliphatic rings. The first-order valence-corrected chi connectivity index (χ1v) is 11.0. The average Bonchev–Trinajstić information content (AvgIpc) is 2.87. The summed E-state index contributed by atoms with van der Waals surface area (Å²) in [5, 5.41) is 30.1. The van der Waals surface area contributed by atoms with Crippen molar-refractivity contribution >= 4 is 0 Å². The third kappa shape index (κ3) is 3.74. The largest absolute Gasteiger partial charge is 0.493 e. The highest BCUT2D eigenvalue weighted by atomic mass is 19.1. The SMILES string of the molecule is COc1cc(C2C3CCCC=C3C(C#N)=C(N)C2(C#N)C#N)ccc1OCc1cccc(F)c1. The minimum atomic E-state index is -1.68. The van der Waals surface area contributed by atoms with E-state index in [4.69, 9.17) is 15.2 Å². The normalized spacial score (nSPS) is 20.7. The van der Waals surface area contributed by atoms with Gasteiger partial charge in [-0.25, -0.2) is 4.39 Å². The second-order valence-electron chi connectivity index (χ2n) is 8.44. The number of halogens is 1. The summed E-state index contributed by atoms with van der Waals surface area (Å²) in [6, 6.07) is 17.8. The number of fused-ring (bicyclic) bond motifs is 1. The van der Waals surface area contributed by atoms with Gasteiger partial charge in [-0.1, -0.05) is 24.3 Å². The molecule has 2 aliphatic carbocycles. The Labute approximate surface area is 197 Å². The van der Waals surface area contributed by atoms with Gasteiger partial charge in [-0.05, 0) is 66.1 Å². The molecule has 0 radical (unpaired) electrons. The third-order valence-corrected chi connectivity index (χ3v) is 6.63. The Bertz CT molecular complexity index is 1300. The van der Waals surface area contributed by atoms with Crippen LogP contribution in [0.1, 0.15) is 36.3 Å². The molecule has 0 saturated carbocycles. The quantitative estimate of drug-likeness (QED) is 0.679. The third-order valence-electron chi connectivity index (χ3n) is 6.63. The number of nitrogens with two attached hydrogens (primary N) is 1. The summed E-state index contributed by atoms with van der Waals surface area (Å²) in [5.41, 5.74) is 7.08. The fourth-order valence-electron chi connectivity index (χ4n) is 5.03. The number of allylic oxidation sites excluding steroid dienone is 4. The van der Waals surface area contributed by atoms with Crippen molar-refractivity contribution in [1.29, 1.82) is 15.8 Å². The van der Waals surface area contributed by atoms with E-state index in [1.807, 2.05) is 6.08 Å². The van der Waals surface area contributed by atoms with Gasteiger partial charge >= 0.3 is 0 Å². The highest BCUT2D eigenvalue weighted by molar-refractivity contribution is 5.60. The van der Waals surface area contributed by atoms with Gasteiger partial charge in [-0.3, -0.25) is 0 Å². The van der Waals surface area contributed by atoms with Crippen molar-refractivity contribution in [1.82, 2.24) is 0 Å². The summed E-state index contributed by atoms with van der Waals surface area (Å²) in [5.74, 6) is -0.236. The predicted molar refractivity (Wildman–Crippen MR) is 122 cm³/mol. The molecule has 170 valence electrons. The van der Waals surface area contributed by atoms with Gasteiger partial charge in [0.25, 0.3) is 0 Å². The van der Waals surface area contributed by atoms with Gasteiger partial charge in [0.05, 0.1) is 30.5 Å². The Morgan fingerprint density at radius 1 is 1.12 bits per heavy atom. The predicted octanol–water partition coefficient (Wildman–Crippen LogP) is 5.01. The van der Waals surface area contributed by atoms with Crippen molar-refractivity contribution in [2.24, 2.45) is 17.1 Å². The van der Waals surface area contributed by atoms with Crippen LogP contribution in [0.5, 0.6) is 11.5 Å². The van der Waals surface area contributed by atoms with Crippen LogP contribution in [0.2, 0.25) is 0 Å². The van der Waals surface area contributed by atoms with E-state index < -0.39 is 11.3 Å². The summed E-state index contributed by atoms with van der Waals surface area (Å²) >= 11 is 0. The maximum atomic E-state index is 13.5. The lowest BCUT2D eigenvalue weighted by atomic mass is 9.57. The minimum absolute atomic E-state index is 0.000187. The van der Waals surface area contributed by atoms with Crippen molar-refractivity contribution in [2.45, 2.75) is 31.8 Å². The molecule has 7 heteroatoms. The number of ether oxygens (including phenoxy) is 2. The number of benzene rings is 2. The van der Waals surface area contributed by atoms with Crippen LogP contribution >= 0.6 is 0 Å². The second-order valence-corrected chi connectivity index (χ2v) is 8.44. The summed E-state index contributed by atoms with van der Waals surface area (Å²) in [6.07, 6.45) is 4.45. The Hall–Kier alpha value is -4.28. The lowest BCUT2D eigenvalue weighted by molar-refractivity contribution is 0.281. The standard InChI is InChI=1S/C27H23FN4O2/c1-33-24-12-18(9-10-23(24)34-14-17-5-4-6-19(28)11-17)25-21-8-3-2-7-20(21)22(13-29)26(32)27(25,15-30)16-31/h4-7,9-12,21,25H,2-3,8,14,32H2,1H3. The Kier molecular flexibility index (Phi) is 6.26. The molecular weight excluding hydrogens is 431 g/mol. The molecule has 2 atom stereocenters. The summed E-state index contributed by atoms with van der Waals surface area (Å²) in [7, 11) is 1.50. The van der Waals surface area contributed by atoms with Gasteiger partial charge in [0, 0.05) is 5.92 Å². The van der Waals surface area contributed by atoms with Crippen molar-refractivity contribution in [3.05, 3.63) is 82.3 Å². The minimum Gasteiger partial charge on any atom is -0.493 e. The van der Waals surface area contributed by atoms with E-state index in [9.17, 15) is 20.2 Å². The molecule has 0 fully saturated rings. The highest BCUT2D eigenvalue weighted by Crippen LogP contribution is 2.56. The number of nitriles is 3. The molecule has 2 aromatic rings. The molecular formula is C27H23FN4O2. The fourth-order valence-corrected chi connectivity index (χ4v) is 5.03. The molecule has 2 aromatic carbocycles. The Balaban J connectivity index is 1.76. The molecule has 0 aliphatic heterocycles. The van der Waals surface area contributed by atoms with Crippen LogP contribution in [0, 0.1) is 51.1 Å². The second kappa shape index (κ2) is 9.30. The van der Waals surface area contributed by atoms with Gasteiger partial charge in [0.15, 0.2) is 16.9 Å². The molecule has 0 heterocycles. The molecule has 6 nitrogen and oxygen atoms in total. The first-order valence-electron chi connectivity index (χ1n) is 11.0. The van der Waals surface area contributed by atoms with E-state index in [-0.39, 0.29) is 29.6 Å². The van der Waals surface area contributed by atoms with Crippen LogP contribution in [0.15, 0.2) is 65.4 Å². The topological polar surface area (TPSA) is 116 Å². The van der Waals surface area contributed by atoms with Crippen LogP contribution < -0.4 is 15.2 Å². The molecule has 0 bridgehead atoms. The molecule has 34 heavy (non-hydrogen) atoms. The monoisotopic (exact) mass is 454 g/mol. The van der Waals surface area contributed by atoms with Gasteiger partial charge in [-0.2, -0.15) is 15.8 Å². The zero-order valence-electron chi connectivity index (χ0n) is 18.7. The molecule has 0 spiro atoms. The van der Waals surface area contributed by atoms with E-state index in [0.717, 1.165) is 24.8 Å². The number of methoxy groups -OCH3 is 1. The van der Waals surface area contributed by atoms with Crippen LogP contribution in [0.4, 0.5) is 4.39 Å². The van der Waals surface area contributed by atoms with Crippen LogP contribution in [-0.4, -0.2) is 7.11 Å². The van der Waals surface area contributed by atoms with Gasteiger partial charge in [0.2, 0.25) is 0 Å². The zero-order chi connectivity index (χ0) is 24.3. The van der Waals surface area contributed by atoms with Gasteiger partial charge < -0.3 is 15.2 Å². The number of rotatable bonds is 5. The van der Waals surface area contributed by atoms with E-state index in [0.29, 0.717) is 22.6 Å².